The molecule has 0 amide bonds. The lowest BCUT2D eigenvalue weighted by Gasteiger charge is -2.43. The molecule has 0 spiro atoms. The fourth-order valence-electron chi connectivity index (χ4n) is 5.93. The molecule has 1 aliphatic heterocycles. The van der Waals surface area contributed by atoms with E-state index in [1.165, 1.54) is 69.2 Å². The zero-order valence-electron chi connectivity index (χ0n) is 16.2. The molecule has 25 heavy (non-hydrogen) atoms. The number of benzene rings is 1. The van der Waals surface area contributed by atoms with E-state index in [-0.39, 0.29) is 0 Å². The summed E-state index contributed by atoms with van der Waals surface area (Å²) in [7, 11) is -1.20. The van der Waals surface area contributed by atoms with Gasteiger partial charge in [-0.05, 0) is 43.4 Å². The summed E-state index contributed by atoms with van der Waals surface area (Å²) < 4.78 is 0. The average molecular weight is 422 g/mol. The van der Waals surface area contributed by atoms with Gasteiger partial charge in [-0.3, -0.25) is 0 Å². The van der Waals surface area contributed by atoms with Gasteiger partial charge in [0.1, 0.15) is 0 Å². The van der Waals surface area contributed by atoms with Gasteiger partial charge in [-0.1, -0.05) is 109 Å². The third kappa shape index (κ3) is 5.00. The first-order valence-corrected chi connectivity index (χ1v) is 14.6. The lowest BCUT2D eigenvalue weighted by molar-refractivity contribution is 0.185. The summed E-state index contributed by atoms with van der Waals surface area (Å²) in [6.45, 7) is 2.40. The second kappa shape index (κ2) is 9.74. The standard InChI is InChI=1S/C23H37BrSi/c1-2-17-25(23-8-4-3-5-9-23)18-14-22(15-19-25)21-12-10-20(11-13-21)7-6-16-24/h3-5,8-9,20-22H,2,6-7,10-19H2,1H3/t20?,21?,22-,25-. The molecule has 0 atom stereocenters. The van der Waals surface area contributed by atoms with Gasteiger partial charge in [0.25, 0.3) is 0 Å². The highest BCUT2D eigenvalue weighted by atomic mass is 79.9. The van der Waals surface area contributed by atoms with Crippen LogP contribution >= 0.6 is 15.9 Å². The smallest absolute Gasteiger partial charge is 0.0867 e. The maximum atomic E-state index is 3.60. The minimum Gasteiger partial charge on any atom is -0.0928 e. The summed E-state index contributed by atoms with van der Waals surface area (Å²) in [5.74, 6) is 3.15. The van der Waals surface area contributed by atoms with Gasteiger partial charge in [-0.2, -0.15) is 0 Å². The van der Waals surface area contributed by atoms with Gasteiger partial charge in [0.05, 0.1) is 8.07 Å². The number of halogens is 1. The van der Waals surface area contributed by atoms with Gasteiger partial charge in [0.15, 0.2) is 0 Å². The Morgan fingerprint density at radius 1 is 0.920 bits per heavy atom. The van der Waals surface area contributed by atoms with Crippen LogP contribution in [0.15, 0.2) is 30.3 Å². The van der Waals surface area contributed by atoms with Gasteiger partial charge in [0.2, 0.25) is 0 Å². The van der Waals surface area contributed by atoms with Crippen molar-refractivity contribution in [3.8, 4) is 0 Å². The quantitative estimate of drug-likeness (QED) is 0.324. The lowest BCUT2D eigenvalue weighted by atomic mass is 9.73. The van der Waals surface area contributed by atoms with E-state index in [2.05, 4.69) is 53.2 Å². The lowest BCUT2D eigenvalue weighted by Crippen LogP contribution is -2.50. The molecule has 2 heteroatoms. The van der Waals surface area contributed by atoms with E-state index in [0.29, 0.717) is 0 Å². The molecule has 1 saturated carbocycles. The zero-order chi connectivity index (χ0) is 17.5. The van der Waals surface area contributed by atoms with Gasteiger partial charge >= 0.3 is 0 Å². The predicted octanol–water partition coefficient (Wildman–Crippen LogP) is 7.14. The number of alkyl halides is 1. The Morgan fingerprint density at radius 3 is 2.16 bits per heavy atom. The molecule has 0 unspecified atom stereocenters. The summed E-state index contributed by atoms with van der Waals surface area (Å²) in [6.07, 6.45) is 13.4. The van der Waals surface area contributed by atoms with Crippen molar-refractivity contribution in [2.45, 2.75) is 82.8 Å². The number of hydrogen-bond acceptors (Lipinski definition) is 0. The Kier molecular flexibility index (Phi) is 7.66. The Hall–Kier alpha value is -0.0831. The van der Waals surface area contributed by atoms with E-state index in [0.717, 1.165) is 17.8 Å². The van der Waals surface area contributed by atoms with Crippen LogP contribution in [0.4, 0.5) is 0 Å². The molecule has 2 fully saturated rings. The van der Waals surface area contributed by atoms with E-state index in [1.807, 2.05) is 0 Å². The predicted molar refractivity (Wildman–Crippen MR) is 118 cm³/mol. The second-order valence-electron chi connectivity index (χ2n) is 8.85. The maximum Gasteiger partial charge on any atom is 0.0867 e. The van der Waals surface area contributed by atoms with Crippen LogP contribution in [-0.4, -0.2) is 13.4 Å². The normalized spacial score (nSPS) is 33.3. The first-order valence-electron chi connectivity index (χ1n) is 10.9. The van der Waals surface area contributed by atoms with Crippen LogP contribution in [0, 0.1) is 17.8 Å². The van der Waals surface area contributed by atoms with Crippen molar-refractivity contribution in [1.82, 2.24) is 0 Å². The van der Waals surface area contributed by atoms with E-state index in [1.54, 1.807) is 17.3 Å². The third-order valence-electron chi connectivity index (χ3n) is 7.41. The van der Waals surface area contributed by atoms with E-state index >= 15 is 0 Å². The molecule has 2 aliphatic rings. The van der Waals surface area contributed by atoms with Crippen molar-refractivity contribution >= 4 is 29.2 Å². The van der Waals surface area contributed by atoms with Crippen molar-refractivity contribution in [2.24, 2.45) is 17.8 Å². The monoisotopic (exact) mass is 420 g/mol. The maximum absolute atomic E-state index is 3.60. The van der Waals surface area contributed by atoms with Crippen LogP contribution < -0.4 is 5.19 Å². The van der Waals surface area contributed by atoms with Gasteiger partial charge < -0.3 is 0 Å². The summed E-state index contributed by atoms with van der Waals surface area (Å²) in [6, 6.07) is 16.3. The minimum absolute atomic E-state index is 1.04. The molecule has 1 aromatic rings. The van der Waals surface area contributed by atoms with E-state index < -0.39 is 8.07 Å². The van der Waals surface area contributed by atoms with Gasteiger partial charge in [-0.15, -0.1) is 0 Å². The first kappa shape index (κ1) is 19.7. The fraction of sp³-hybridized carbons (Fsp3) is 0.739. The molecule has 0 bridgehead atoms. The van der Waals surface area contributed by atoms with Crippen molar-refractivity contribution < 1.29 is 0 Å². The zero-order valence-corrected chi connectivity index (χ0v) is 18.8. The molecular formula is C23H37BrSi. The highest BCUT2D eigenvalue weighted by molar-refractivity contribution is 9.09. The minimum atomic E-state index is -1.20. The molecule has 1 aliphatic carbocycles. The Morgan fingerprint density at radius 2 is 1.56 bits per heavy atom. The molecule has 0 aromatic heterocycles. The summed E-state index contributed by atoms with van der Waals surface area (Å²) in [4.78, 5) is 0. The van der Waals surface area contributed by atoms with Gasteiger partial charge in [-0.25, -0.2) is 0 Å². The van der Waals surface area contributed by atoms with Crippen LogP contribution in [0.1, 0.15) is 64.7 Å². The molecule has 0 nitrogen and oxygen atoms in total. The molecule has 0 N–H and O–H groups in total. The van der Waals surface area contributed by atoms with E-state index in [9.17, 15) is 0 Å². The molecule has 1 saturated heterocycles. The summed E-state index contributed by atoms with van der Waals surface area (Å²) >= 11 is 3.60. The largest absolute Gasteiger partial charge is 0.0928 e. The highest BCUT2D eigenvalue weighted by Crippen LogP contribution is 2.44. The SMILES string of the molecule is CCC[Si@]1(c2ccccc2)CC[C@H](C2CCC(CCCBr)CC2)CC1. The topological polar surface area (TPSA) is 0 Å². The molecular weight excluding hydrogens is 384 g/mol. The number of rotatable bonds is 7. The van der Waals surface area contributed by atoms with E-state index in [4.69, 9.17) is 0 Å². The van der Waals surface area contributed by atoms with Crippen LogP contribution in [0.25, 0.3) is 0 Å². The van der Waals surface area contributed by atoms with Crippen LogP contribution in [-0.2, 0) is 0 Å². The second-order valence-corrected chi connectivity index (χ2v) is 14.3. The van der Waals surface area contributed by atoms with Crippen LogP contribution in [0.3, 0.4) is 0 Å². The fourth-order valence-corrected chi connectivity index (χ4v) is 11.6. The van der Waals surface area contributed by atoms with Crippen LogP contribution in [0.5, 0.6) is 0 Å². The highest BCUT2D eigenvalue weighted by Gasteiger charge is 2.40. The molecule has 0 radical (unpaired) electrons. The Labute approximate surface area is 165 Å². The Balaban J connectivity index is 1.54. The first-order chi connectivity index (χ1) is 12.3. The molecule has 1 aromatic carbocycles. The average Bonchev–Trinajstić information content (AvgIpc) is 2.68. The van der Waals surface area contributed by atoms with Crippen molar-refractivity contribution in [3.63, 3.8) is 0 Å². The molecule has 1 heterocycles. The van der Waals surface area contributed by atoms with Crippen molar-refractivity contribution in [3.05, 3.63) is 30.3 Å². The van der Waals surface area contributed by atoms with Crippen molar-refractivity contribution in [1.29, 1.82) is 0 Å². The van der Waals surface area contributed by atoms with Gasteiger partial charge in [0, 0.05) is 5.33 Å². The van der Waals surface area contributed by atoms with Crippen LogP contribution in [0.2, 0.25) is 18.1 Å². The summed E-state index contributed by atoms with van der Waals surface area (Å²) in [5.41, 5.74) is 0. The Bertz CT molecular complexity index is 484. The molecule has 140 valence electrons. The number of hydrogen-bond donors (Lipinski definition) is 0. The third-order valence-corrected chi connectivity index (χ3v) is 13.5. The summed E-state index contributed by atoms with van der Waals surface area (Å²) in [5, 5.41) is 2.95. The van der Waals surface area contributed by atoms with Crippen molar-refractivity contribution in [2.75, 3.05) is 5.33 Å². The molecule has 3 rings (SSSR count).